The first-order valence-corrected chi connectivity index (χ1v) is 6.39. The molecule has 0 aliphatic carbocycles. The molecule has 0 saturated heterocycles. The maximum atomic E-state index is 5.19. The number of ether oxygens (including phenoxy) is 1. The van der Waals surface area contributed by atoms with Crippen LogP contribution in [-0.2, 0) is 0 Å². The van der Waals surface area contributed by atoms with Gasteiger partial charge in [-0.2, -0.15) is 0 Å². The highest BCUT2D eigenvalue weighted by Crippen LogP contribution is 2.20. The van der Waals surface area contributed by atoms with Crippen molar-refractivity contribution in [2.75, 3.05) is 19.0 Å². The zero-order chi connectivity index (χ0) is 13.5. The Morgan fingerprint density at radius 2 is 1.89 bits per heavy atom. The van der Waals surface area contributed by atoms with E-state index >= 15 is 0 Å². The van der Waals surface area contributed by atoms with Gasteiger partial charge in [-0.15, -0.1) is 0 Å². The molecule has 0 heterocycles. The van der Waals surface area contributed by atoms with Crippen molar-refractivity contribution in [2.24, 2.45) is 0 Å². The first kappa shape index (κ1) is 13.2. The first-order valence-electron chi connectivity index (χ1n) is 6.39. The highest BCUT2D eigenvalue weighted by Gasteiger charge is 1.98. The number of anilines is 1. The summed E-state index contributed by atoms with van der Waals surface area (Å²) in [5.41, 5.74) is 3.54. The third-order valence-corrected chi connectivity index (χ3v) is 2.95. The van der Waals surface area contributed by atoms with Gasteiger partial charge in [-0.25, -0.2) is 0 Å². The molecule has 2 rings (SSSR count). The molecular weight excluding hydrogens is 234 g/mol. The summed E-state index contributed by atoms with van der Waals surface area (Å²) >= 11 is 0. The topological polar surface area (TPSA) is 21.3 Å². The summed E-state index contributed by atoms with van der Waals surface area (Å²) in [4.78, 5) is 0. The molecule has 19 heavy (non-hydrogen) atoms. The molecule has 0 atom stereocenters. The quantitative estimate of drug-likeness (QED) is 0.865. The van der Waals surface area contributed by atoms with Crippen molar-refractivity contribution in [1.82, 2.24) is 0 Å². The minimum atomic E-state index is 0.808. The van der Waals surface area contributed by atoms with Crippen LogP contribution in [0.3, 0.4) is 0 Å². The normalized spacial score (nSPS) is 10.6. The Balaban J connectivity index is 1.91. The standard InChI is InChI=1S/C17H19NO/c1-14-13-16(19-2)10-11-17(14)18-12-6-9-15-7-4-3-5-8-15/h3-11,13,18H,12H2,1-2H3. The summed E-state index contributed by atoms with van der Waals surface area (Å²) in [5.74, 6) is 0.892. The van der Waals surface area contributed by atoms with E-state index in [0.717, 1.165) is 18.0 Å². The number of methoxy groups -OCH3 is 1. The lowest BCUT2D eigenvalue weighted by molar-refractivity contribution is 0.414. The number of hydrogen-bond acceptors (Lipinski definition) is 2. The fourth-order valence-corrected chi connectivity index (χ4v) is 1.89. The second-order valence-electron chi connectivity index (χ2n) is 4.37. The lowest BCUT2D eigenvalue weighted by atomic mass is 10.2. The summed E-state index contributed by atoms with van der Waals surface area (Å²) < 4.78 is 5.19. The summed E-state index contributed by atoms with van der Waals surface area (Å²) in [6.07, 6.45) is 4.24. The SMILES string of the molecule is COc1ccc(NCC=Cc2ccccc2)c(C)c1. The minimum Gasteiger partial charge on any atom is -0.497 e. The van der Waals surface area contributed by atoms with Crippen molar-refractivity contribution in [3.05, 3.63) is 65.7 Å². The third kappa shape index (κ3) is 3.88. The van der Waals surface area contributed by atoms with Crippen molar-refractivity contribution < 1.29 is 4.74 Å². The number of hydrogen-bond donors (Lipinski definition) is 1. The summed E-state index contributed by atoms with van der Waals surface area (Å²) in [5, 5.41) is 3.39. The van der Waals surface area contributed by atoms with E-state index < -0.39 is 0 Å². The summed E-state index contributed by atoms with van der Waals surface area (Å²) in [6.45, 7) is 2.88. The Morgan fingerprint density at radius 3 is 2.58 bits per heavy atom. The van der Waals surface area contributed by atoms with E-state index in [1.54, 1.807) is 7.11 Å². The zero-order valence-electron chi connectivity index (χ0n) is 11.4. The predicted octanol–water partition coefficient (Wildman–Crippen LogP) is 4.13. The Morgan fingerprint density at radius 1 is 1.11 bits per heavy atom. The molecule has 2 heteroatoms. The van der Waals surface area contributed by atoms with Crippen LogP contribution in [0.4, 0.5) is 5.69 Å². The fourth-order valence-electron chi connectivity index (χ4n) is 1.89. The van der Waals surface area contributed by atoms with Gasteiger partial charge in [0.25, 0.3) is 0 Å². The van der Waals surface area contributed by atoms with Crippen LogP contribution in [-0.4, -0.2) is 13.7 Å². The second-order valence-corrected chi connectivity index (χ2v) is 4.37. The van der Waals surface area contributed by atoms with Crippen LogP contribution in [0.15, 0.2) is 54.6 Å². The van der Waals surface area contributed by atoms with Crippen LogP contribution in [0, 0.1) is 6.92 Å². The molecule has 0 unspecified atom stereocenters. The van der Waals surface area contributed by atoms with Gasteiger partial charge in [0.05, 0.1) is 7.11 Å². The average molecular weight is 253 g/mol. The second kappa shape index (κ2) is 6.64. The van der Waals surface area contributed by atoms with Crippen molar-refractivity contribution in [2.45, 2.75) is 6.92 Å². The zero-order valence-corrected chi connectivity index (χ0v) is 11.4. The maximum Gasteiger partial charge on any atom is 0.119 e. The van der Waals surface area contributed by atoms with Crippen molar-refractivity contribution >= 4 is 11.8 Å². The van der Waals surface area contributed by atoms with E-state index in [4.69, 9.17) is 4.74 Å². The van der Waals surface area contributed by atoms with Gasteiger partial charge in [-0.05, 0) is 36.2 Å². The van der Waals surface area contributed by atoms with Gasteiger partial charge in [0.15, 0.2) is 0 Å². The third-order valence-electron chi connectivity index (χ3n) is 2.95. The Kier molecular flexibility index (Phi) is 4.62. The van der Waals surface area contributed by atoms with Gasteiger partial charge in [-0.1, -0.05) is 42.5 Å². The van der Waals surface area contributed by atoms with Crippen LogP contribution in [0.25, 0.3) is 6.08 Å². The molecule has 1 N–H and O–H groups in total. The largest absolute Gasteiger partial charge is 0.497 e. The molecule has 0 radical (unpaired) electrons. The molecule has 0 bridgehead atoms. The predicted molar refractivity (Wildman–Crippen MR) is 81.7 cm³/mol. The molecule has 2 nitrogen and oxygen atoms in total. The van der Waals surface area contributed by atoms with Crippen LogP contribution in [0.5, 0.6) is 5.75 Å². The Labute approximate surface area is 114 Å². The Bertz CT molecular complexity index is 546. The van der Waals surface area contributed by atoms with Crippen LogP contribution >= 0.6 is 0 Å². The smallest absolute Gasteiger partial charge is 0.119 e. The highest BCUT2D eigenvalue weighted by atomic mass is 16.5. The van der Waals surface area contributed by atoms with E-state index in [-0.39, 0.29) is 0 Å². The van der Waals surface area contributed by atoms with Gasteiger partial charge in [0, 0.05) is 12.2 Å². The minimum absolute atomic E-state index is 0.808. The number of rotatable bonds is 5. The summed E-state index contributed by atoms with van der Waals surface area (Å²) in [6, 6.07) is 16.3. The van der Waals surface area contributed by atoms with Gasteiger partial charge in [-0.3, -0.25) is 0 Å². The van der Waals surface area contributed by atoms with E-state index in [0.29, 0.717) is 0 Å². The van der Waals surface area contributed by atoms with Gasteiger partial charge in [0.1, 0.15) is 5.75 Å². The van der Waals surface area contributed by atoms with E-state index in [2.05, 4.69) is 36.5 Å². The molecule has 0 amide bonds. The molecule has 0 aliphatic heterocycles. The first-order chi connectivity index (χ1) is 9.29. The van der Waals surface area contributed by atoms with Gasteiger partial charge < -0.3 is 10.1 Å². The average Bonchev–Trinajstić information content (AvgIpc) is 2.46. The number of benzene rings is 2. The lowest BCUT2D eigenvalue weighted by Gasteiger charge is -2.09. The molecule has 2 aromatic rings. The number of nitrogens with one attached hydrogen (secondary N) is 1. The molecule has 0 aliphatic rings. The van der Waals surface area contributed by atoms with Crippen LogP contribution < -0.4 is 10.1 Å². The highest BCUT2D eigenvalue weighted by molar-refractivity contribution is 5.55. The monoisotopic (exact) mass is 253 g/mol. The van der Waals surface area contributed by atoms with Crippen molar-refractivity contribution in [3.8, 4) is 5.75 Å². The van der Waals surface area contributed by atoms with Crippen molar-refractivity contribution in [1.29, 1.82) is 0 Å². The van der Waals surface area contributed by atoms with E-state index in [1.807, 2.05) is 36.4 Å². The van der Waals surface area contributed by atoms with Gasteiger partial charge >= 0.3 is 0 Å². The lowest BCUT2D eigenvalue weighted by Crippen LogP contribution is -2.00. The van der Waals surface area contributed by atoms with Crippen LogP contribution in [0.2, 0.25) is 0 Å². The van der Waals surface area contributed by atoms with Gasteiger partial charge in [0.2, 0.25) is 0 Å². The molecule has 0 aromatic heterocycles. The van der Waals surface area contributed by atoms with E-state index in [1.165, 1.54) is 11.1 Å². The molecule has 98 valence electrons. The van der Waals surface area contributed by atoms with Crippen molar-refractivity contribution in [3.63, 3.8) is 0 Å². The maximum absolute atomic E-state index is 5.19. The fraction of sp³-hybridized carbons (Fsp3) is 0.176. The molecule has 0 spiro atoms. The Hall–Kier alpha value is -2.22. The van der Waals surface area contributed by atoms with E-state index in [9.17, 15) is 0 Å². The number of aryl methyl sites for hydroxylation is 1. The molecular formula is C17H19NO. The van der Waals surface area contributed by atoms with Crippen LogP contribution in [0.1, 0.15) is 11.1 Å². The molecule has 0 saturated carbocycles. The summed E-state index contributed by atoms with van der Waals surface area (Å²) in [7, 11) is 1.68. The molecule has 0 fully saturated rings. The molecule has 2 aromatic carbocycles.